The van der Waals surface area contributed by atoms with Crippen molar-refractivity contribution in [3.05, 3.63) is 59.7 Å². The quantitative estimate of drug-likeness (QED) is 0.670. The number of methoxy groups -OCH3 is 1. The third-order valence-corrected chi connectivity index (χ3v) is 5.85. The van der Waals surface area contributed by atoms with E-state index in [1.807, 2.05) is 0 Å². The minimum absolute atomic E-state index is 0.0114. The Bertz CT molecular complexity index is 1030. The van der Waals surface area contributed by atoms with E-state index >= 15 is 0 Å². The van der Waals surface area contributed by atoms with Gasteiger partial charge in [0.25, 0.3) is 5.91 Å². The van der Waals surface area contributed by atoms with Crippen LogP contribution in [0.1, 0.15) is 15.9 Å². The summed E-state index contributed by atoms with van der Waals surface area (Å²) in [5.74, 6) is -0.396. The molecule has 0 saturated carbocycles. The van der Waals surface area contributed by atoms with Gasteiger partial charge in [-0.3, -0.25) is 9.59 Å². The molecule has 2 N–H and O–H groups in total. The van der Waals surface area contributed by atoms with Gasteiger partial charge >= 0.3 is 0 Å². The van der Waals surface area contributed by atoms with Gasteiger partial charge in [-0.05, 0) is 48.0 Å². The molecule has 2 amide bonds. The Hall–Kier alpha value is -3.17. The average molecular weight is 417 g/mol. The fraction of sp³-hybridized carbons (Fsp3) is 0.200. The molecule has 0 unspecified atom stereocenters. The molecule has 0 bridgehead atoms. The molecule has 0 aromatic heterocycles. The Morgan fingerprint density at radius 1 is 1.07 bits per heavy atom. The maximum atomic E-state index is 12.5. The monoisotopic (exact) mass is 417 g/mol. The summed E-state index contributed by atoms with van der Waals surface area (Å²) in [5.41, 5.74) is 1.53. The number of nitrogens with one attached hydrogen (secondary N) is 2. The van der Waals surface area contributed by atoms with Crippen molar-refractivity contribution in [1.29, 1.82) is 0 Å². The van der Waals surface area contributed by atoms with Crippen molar-refractivity contribution in [2.75, 3.05) is 33.6 Å². The van der Waals surface area contributed by atoms with E-state index in [1.165, 1.54) is 52.5 Å². The number of amides is 2. The van der Waals surface area contributed by atoms with Crippen LogP contribution in [0.4, 0.5) is 5.69 Å². The zero-order chi connectivity index (χ0) is 21.6. The average Bonchev–Trinajstić information content (AvgIpc) is 2.71. The molecule has 0 fully saturated rings. The van der Waals surface area contributed by atoms with E-state index in [9.17, 15) is 18.0 Å². The standard InChI is InChI=1S/C20H23N3O5S/c1-21-20(25)15-7-9-16(10-8-15)22-19(24)12-6-14-5-11-17(28-4)18(13-14)29(26,27)23(2)3/h5-13H,1-4H3,(H,21,25)(H,22,24)/b12-6+. The molecule has 154 valence electrons. The van der Waals surface area contributed by atoms with Gasteiger partial charge in [-0.25, -0.2) is 12.7 Å². The van der Waals surface area contributed by atoms with Crippen LogP contribution < -0.4 is 15.4 Å². The molecule has 0 aliphatic carbocycles. The molecule has 0 atom stereocenters. The Labute approximate surface area is 170 Å². The highest BCUT2D eigenvalue weighted by Gasteiger charge is 2.22. The Morgan fingerprint density at radius 3 is 2.28 bits per heavy atom. The topological polar surface area (TPSA) is 105 Å². The lowest BCUT2D eigenvalue weighted by molar-refractivity contribution is -0.111. The first-order valence-corrected chi connectivity index (χ1v) is 10.0. The zero-order valence-corrected chi connectivity index (χ0v) is 17.4. The number of nitrogens with zero attached hydrogens (tertiary/aromatic N) is 1. The van der Waals surface area contributed by atoms with Crippen molar-refractivity contribution in [3.63, 3.8) is 0 Å². The van der Waals surface area contributed by atoms with Gasteiger partial charge in [0, 0.05) is 38.5 Å². The van der Waals surface area contributed by atoms with E-state index in [1.54, 1.807) is 30.3 Å². The third kappa shape index (κ3) is 5.43. The van der Waals surface area contributed by atoms with Crippen molar-refractivity contribution >= 4 is 33.6 Å². The first kappa shape index (κ1) is 22.1. The number of sulfonamides is 1. The molecular weight excluding hydrogens is 394 g/mol. The number of rotatable bonds is 7. The third-order valence-electron chi connectivity index (χ3n) is 4.02. The number of hydrogen-bond donors (Lipinski definition) is 2. The van der Waals surface area contributed by atoms with E-state index < -0.39 is 15.9 Å². The molecular formula is C20H23N3O5S. The first-order valence-electron chi connectivity index (χ1n) is 8.61. The lowest BCUT2D eigenvalue weighted by Crippen LogP contribution is -2.22. The first-order chi connectivity index (χ1) is 13.7. The highest BCUT2D eigenvalue weighted by molar-refractivity contribution is 7.89. The Kier molecular flexibility index (Phi) is 7.13. The molecule has 2 rings (SSSR count). The molecule has 9 heteroatoms. The summed E-state index contributed by atoms with van der Waals surface area (Å²) in [6.07, 6.45) is 2.79. The van der Waals surface area contributed by atoms with Crippen LogP contribution in [0.2, 0.25) is 0 Å². The highest BCUT2D eigenvalue weighted by atomic mass is 32.2. The molecule has 0 heterocycles. The SMILES string of the molecule is CNC(=O)c1ccc(NC(=O)/C=C/c2ccc(OC)c(S(=O)(=O)N(C)C)c2)cc1. The van der Waals surface area contributed by atoms with Gasteiger partial charge in [-0.1, -0.05) is 6.07 Å². The summed E-state index contributed by atoms with van der Waals surface area (Å²) in [4.78, 5) is 23.7. The number of ether oxygens (including phenoxy) is 1. The van der Waals surface area contributed by atoms with Crippen LogP contribution >= 0.6 is 0 Å². The van der Waals surface area contributed by atoms with Gasteiger partial charge in [0.05, 0.1) is 7.11 Å². The highest BCUT2D eigenvalue weighted by Crippen LogP contribution is 2.27. The van der Waals surface area contributed by atoms with E-state index in [-0.39, 0.29) is 16.6 Å². The minimum atomic E-state index is -3.70. The normalized spacial score (nSPS) is 11.5. The summed E-state index contributed by atoms with van der Waals surface area (Å²) in [5, 5.41) is 5.19. The van der Waals surface area contributed by atoms with E-state index in [0.717, 1.165) is 4.31 Å². The van der Waals surface area contributed by atoms with E-state index in [0.29, 0.717) is 16.8 Å². The van der Waals surface area contributed by atoms with Crippen molar-refractivity contribution in [2.45, 2.75) is 4.90 Å². The fourth-order valence-electron chi connectivity index (χ4n) is 2.40. The van der Waals surface area contributed by atoms with Crippen molar-refractivity contribution in [2.24, 2.45) is 0 Å². The van der Waals surface area contributed by atoms with Crippen LogP contribution in [0.3, 0.4) is 0 Å². The fourth-order valence-corrected chi connectivity index (χ4v) is 3.48. The lowest BCUT2D eigenvalue weighted by atomic mass is 10.2. The van der Waals surface area contributed by atoms with Crippen LogP contribution in [0.15, 0.2) is 53.4 Å². The number of anilines is 1. The largest absolute Gasteiger partial charge is 0.495 e. The van der Waals surface area contributed by atoms with Gasteiger partial charge in [-0.2, -0.15) is 0 Å². The number of hydrogen-bond acceptors (Lipinski definition) is 5. The molecule has 2 aromatic carbocycles. The molecule has 0 aliphatic heterocycles. The van der Waals surface area contributed by atoms with Crippen LogP contribution in [0, 0.1) is 0 Å². The maximum Gasteiger partial charge on any atom is 0.251 e. The predicted octanol–water partition coefficient (Wildman–Crippen LogP) is 1.96. The number of carbonyl (C=O) groups is 2. The zero-order valence-electron chi connectivity index (χ0n) is 16.6. The van der Waals surface area contributed by atoms with E-state index in [4.69, 9.17) is 4.74 Å². The van der Waals surface area contributed by atoms with Gasteiger partial charge in [-0.15, -0.1) is 0 Å². The Morgan fingerprint density at radius 2 is 1.72 bits per heavy atom. The number of benzene rings is 2. The van der Waals surface area contributed by atoms with Gasteiger partial charge in [0.15, 0.2) is 0 Å². The van der Waals surface area contributed by atoms with Crippen LogP contribution in [-0.4, -0.2) is 52.8 Å². The van der Waals surface area contributed by atoms with E-state index in [2.05, 4.69) is 10.6 Å². The summed E-state index contributed by atoms with van der Waals surface area (Å²) < 4.78 is 31.1. The summed E-state index contributed by atoms with van der Waals surface area (Å²) in [6, 6.07) is 11.0. The van der Waals surface area contributed by atoms with Crippen molar-refractivity contribution in [1.82, 2.24) is 9.62 Å². The molecule has 0 spiro atoms. The van der Waals surface area contributed by atoms with Gasteiger partial charge < -0.3 is 15.4 Å². The van der Waals surface area contributed by atoms with Gasteiger partial charge in [0.1, 0.15) is 10.6 Å². The minimum Gasteiger partial charge on any atom is -0.495 e. The lowest BCUT2D eigenvalue weighted by Gasteiger charge is -2.15. The second kappa shape index (κ2) is 9.35. The Balaban J connectivity index is 2.17. The second-order valence-corrected chi connectivity index (χ2v) is 8.30. The molecule has 0 radical (unpaired) electrons. The molecule has 8 nitrogen and oxygen atoms in total. The molecule has 29 heavy (non-hydrogen) atoms. The predicted molar refractivity (Wildman–Crippen MR) is 111 cm³/mol. The van der Waals surface area contributed by atoms with Crippen LogP contribution in [0.5, 0.6) is 5.75 Å². The molecule has 0 saturated heterocycles. The van der Waals surface area contributed by atoms with Crippen LogP contribution in [0.25, 0.3) is 6.08 Å². The smallest absolute Gasteiger partial charge is 0.251 e. The summed E-state index contributed by atoms with van der Waals surface area (Å²) >= 11 is 0. The van der Waals surface area contributed by atoms with Crippen molar-refractivity contribution in [3.8, 4) is 5.75 Å². The molecule has 0 aliphatic rings. The summed E-state index contributed by atoms with van der Waals surface area (Å²) in [7, 11) is 2.09. The number of carbonyl (C=O) groups excluding carboxylic acids is 2. The van der Waals surface area contributed by atoms with Gasteiger partial charge in [0.2, 0.25) is 15.9 Å². The molecule has 2 aromatic rings. The van der Waals surface area contributed by atoms with Crippen molar-refractivity contribution < 1.29 is 22.7 Å². The van der Waals surface area contributed by atoms with Crippen LogP contribution in [-0.2, 0) is 14.8 Å². The second-order valence-electron chi connectivity index (χ2n) is 6.18. The maximum absolute atomic E-state index is 12.5. The summed E-state index contributed by atoms with van der Waals surface area (Å²) in [6.45, 7) is 0.